The maximum Gasteiger partial charge on any atom is 0.255 e. The van der Waals surface area contributed by atoms with Crippen LogP contribution in [0.1, 0.15) is 23.2 Å². The molecular weight excluding hydrogens is 399 g/mol. The van der Waals surface area contributed by atoms with Crippen LogP contribution in [0, 0.1) is 5.82 Å². The molecule has 2 aromatic carbocycles. The maximum absolute atomic E-state index is 13.2. The van der Waals surface area contributed by atoms with Crippen molar-refractivity contribution in [3.05, 3.63) is 59.9 Å². The van der Waals surface area contributed by atoms with Gasteiger partial charge >= 0.3 is 0 Å². The van der Waals surface area contributed by atoms with Crippen LogP contribution in [0.2, 0.25) is 0 Å². The summed E-state index contributed by atoms with van der Waals surface area (Å²) >= 11 is 0. The highest BCUT2D eigenvalue weighted by atomic mass is 19.1. The van der Waals surface area contributed by atoms with E-state index in [-0.39, 0.29) is 17.8 Å². The van der Waals surface area contributed by atoms with Gasteiger partial charge in [0.05, 0.1) is 25.5 Å². The highest BCUT2D eigenvalue weighted by Gasteiger charge is 2.25. The number of benzene rings is 2. The minimum atomic E-state index is -0.272. The SMILES string of the molecule is COc1cccc(C(=O)NC2CCCN(c3cc(-c4ccc(F)cc4)[nH]n3)C2)c1OC. The van der Waals surface area contributed by atoms with Gasteiger partial charge in [-0.1, -0.05) is 6.07 Å². The first kappa shape index (κ1) is 20.7. The fourth-order valence-corrected chi connectivity index (χ4v) is 3.88. The van der Waals surface area contributed by atoms with E-state index in [1.54, 1.807) is 37.4 Å². The molecule has 8 heteroatoms. The fraction of sp³-hybridized carbons (Fsp3) is 0.304. The van der Waals surface area contributed by atoms with Gasteiger partial charge in [0, 0.05) is 25.2 Å². The molecule has 2 N–H and O–H groups in total. The second-order valence-electron chi connectivity index (χ2n) is 7.45. The number of nitrogens with zero attached hydrogens (tertiary/aromatic N) is 2. The van der Waals surface area contributed by atoms with Crippen molar-refractivity contribution in [2.24, 2.45) is 0 Å². The second kappa shape index (κ2) is 9.07. The smallest absolute Gasteiger partial charge is 0.255 e. The molecule has 0 bridgehead atoms. The van der Waals surface area contributed by atoms with E-state index in [1.165, 1.54) is 19.2 Å². The molecule has 4 rings (SSSR count). The first-order valence-electron chi connectivity index (χ1n) is 10.2. The predicted octanol–water partition coefficient (Wildman–Crippen LogP) is 3.63. The molecule has 0 aliphatic carbocycles. The Morgan fingerprint density at radius 1 is 1.19 bits per heavy atom. The van der Waals surface area contributed by atoms with E-state index in [1.807, 2.05) is 6.07 Å². The number of carbonyl (C=O) groups is 1. The predicted molar refractivity (Wildman–Crippen MR) is 116 cm³/mol. The zero-order chi connectivity index (χ0) is 21.8. The Hall–Kier alpha value is -3.55. The normalized spacial score (nSPS) is 16.1. The molecule has 1 aliphatic heterocycles. The largest absolute Gasteiger partial charge is 0.493 e. The quantitative estimate of drug-likeness (QED) is 0.632. The number of ether oxygens (including phenoxy) is 2. The zero-order valence-electron chi connectivity index (χ0n) is 17.5. The number of para-hydroxylation sites is 1. The van der Waals surface area contributed by atoms with Crippen molar-refractivity contribution >= 4 is 11.7 Å². The number of anilines is 1. The summed E-state index contributed by atoms with van der Waals surface area (Å²) in [5, 5.41) is 10.5. The molecule has 1 aliphatic rings. The van der Waals surface area contributed by atoms with Crippen molar-refractivity contribution in [1.82, 2.24) is 15.5 Å². The first-order valence-corrected chi connectivity index (χ1v) is 10.2. The van der Waals surface area contributed by atoms with Gasteiger partial charge in [0.1, 0.15) is 5.82 Å². The molecule has 0 saturated carbocycles. The second-order valence-corrected chi connectivity index (χ2v) is 7.45. The van der Waals surface area contributed by atoms with E-state index < -0.39 is 0 Å². The number of aromatic nitrogens is 2. The van der Waals surface area contributed by atoms with Crippen LogP contribution >= 0.6 is 0 Å². The Kier molecular flexibility index (Phi) is 6.06. The first-order chi connectivity index (χ1) is 15.1. The van der Waals surface area contributed by atoms with Crippen LogP contribution in [0.5, 0.6) is 11.5 Å². The summed E-state index contributed by atoms with van der Waals surface area (Å²) in [6, 6.07) is 13.5. The van der Waals surface area contributed by atoms with Crippen LogP contribution in [0.3, 0.4) is 0 Å². The van der Waals surface area contributed by atoms with Gasteiger partial charge < -0.3 is 19.7 Å². The number of methoxy groups -OCH3 is 2. The van der Waals surface area contributed by atoms with Crippen molar-refractivity contribution in [2.75, 3.05) is 32.2 Å². The van der Waals surface area contributed by atoms with Crippen molar-refractivity contribution in [2.45, 2.75) is 18.9 Å². The van der Waals surface area contributed by atoms with E-state index in [9.17, 15) is 9.18 Å². The summed E-state index contributed by atoms with van der Waals surface area (Å²) in [6.45, 7) is 1.49. The van der Waals surface area contributed by atoms with Crippen LogP contribution in [0.15, 0.2) is 48.5 Å². The third-order valence-corrected chi connectivity index (χ3v) is 5.45. The number of hydrogen-bond donors (Lipinski definition) is 2. The van der Waals surface area contributed by atoms with Crippen molar-refractivity contribution in [3.8, 4) is 22.8 Å². The van der Waals surface area contributed by atoms with Gasteiger partial charge in [-0.3, -0.25) is 9.89 Å². The number of H-pyrrole nitrogens is 1. The molecule has 1 atom stereocenters. The van der Waals surface area contributed by atoms with Gasteiger partial charge in [-0.15, -0.1) is 0 Å². The maximum atomic E-state index is 13.2. The zero-order valence-corrected chi connectivity index (χ0v) is 17.5. The molecule has 1 saturated heterocycles. The standard InChI is InChI=1S/C23H25FN4O3/c1-30-20-7-3-6-18(22(20)31-2)23(29)25-17-5-4-12-28(14-17)21-13-19(26-27-21)15-8-10-16(24)11-9-15/h3,6-11,13,17H,4-5,12,14H2,1-2H3,(H,25,29)(H,26,27). The van der Waals surface area contributed by atoms with Crippen LogP contribution in [0.4, 0.5) is 10.2 Å². The Morgan fingerprint density at radius 2 is 2.00 bits per heavy atom. The molecule has 0 spiro atoms. The average molecular weight is 424 g/mol. The van der Waals surface area contributed by atoms with Crippen LogP contribution in [-0.2, 0) is 0 Å². The molecule has 3 aromatic rings. The van der Waals surface area contributed by atoms with Gasteiger partial charge in [-0.25, -0.2) is 4.39 Å². The monoisotopic (exact) mass is 424 g/mol. The lowest BCUT2D eigenvalue weighted by Crippen LogP contribution is -2.48. The van der Waals surface area contributed by atoms with Crippen LogP contribution in [-0.4, -0.2) is 49.5 Å². The molecule has 7 nitrogen and oxygen atoms in total. The third-order valence-electron chi connectivity index (χ3n) is 5.45. The number of nitrogens with one attached hydrogen (secondary N) is 2. The van der Waals surface area contributed by atoms with Gasteiger partial charge in [0.15, 0.2) is 17.3 Å². The van der Waals surface area contributed by atoms with Gasteiger partial charge in [-0.2, -0.15) is 5.10 Å². The van der Waals surface area contributed by atoms with Gasteiger partial charge in [0.2, 0.25) is 0 Å². The molecule has 1 fully saturated rings. The topological polar surface area (TPSA) is 79.5 Å². The number of aromatic amines is 1. The lowest BCUT2D eigenvalue weighted by atomic mass is 10.0. The fourth-order valence-electron chi connectivity index (χ4n) is 3.88. The van der Waals surface area contributed by atoms with Crippen molar-refractivity contribution < 1.29 is 18.7 Å². The minimum Gasteiger partial charge on any atom is -0.493 e. The van der Waals surface area contributed by atoms with Crippen molar-refractivity contribution in [3.63, 3.8) is 0 Å². The number of hydrogen-bond acceptors (Lipinski definition) is 5. The van der Waals surface area contributed by atoms with E-state index >= 15 is 0 Å². The summed E-state index contributed by atoms with van der Waals surface area (Å²) in [7, 11) is 3.07. The summed E-state index contributed by atoms with van der Waals surface area (Å²) in [5.74, 6) is 1.27. The lowest BCUT2D eigenvalue weighted by Gasteiger charge is -2.33. The summed E-state index contributed by atoms with van der Waals surface area (Å²) < 4.78 is 23.9. The lowest BCUT2D eigenvalue weighted by molar-refractivity contribution is 0.0929. The summed E-state index contributed by atoms with van der Waals surface area (Å²) in [4.78, 5) is 15.0. The minimum absolute atomic E-state index is 0.0249. The van der Waals surface area contributed by atoms with E-state index in [4.69, 9.17) is 9.47 Å². The molecule has 2 heterocycles. The van der Waals surface area contributed by atoms with Gasteiger partial charge in [0.25, 0.3) is 5.91 Å². The Balaban J connectivity index is 1.45. The Labute approximate surface area is 180 Å². The molecule has 31 heavy (non-hydrogen) atoms. The Bertz CT molecular complexity index is 1050. The summed E-state index contributed by atoms with van der Waals surface area (Å²) in [5.41, 5.74) is 2.13. The van der Waals surface area contributed by atoms with Crippen LogP contribution in [0.25, 0.3) is 11.3 Å². The number of halogens is 1. The number of amides is 1. The molecule has 0 radical (unpaired) electrons. The van der Waals surface area contributed by atoms with Gasteiger partial charge in [-0.05, 0) is 54.8 Å². The average Bonchev–Trinajstić information content (AvgIpc) is 3.29. The Morgan fingerprint density at radius 3 is 2.74 bits per heavy atom. The molecular formula is C23H25FN4O3. The van der Waals surface area contributed by atoms with Crippen LogP contribution < -0.4 is 19.7 Å². The van der Waals surface area contributed by atoms with E-state index in [0.29, 0.717) is 23.6 Å². The highest BCUT2D eigenvalue weighted by Crippen LogP contribution is 2.31. The van der Waals surface area contributed by atoms with Crippen molar-refractivity contribution in [1.29, 1.82) is 0 Å². The number of rotatable bonds is 6. The third kappa shape index (κ3) is 4.47. The van der Waals surface area contributed by atoms with E-state index in [0.717, 1.165) is 36.5 Å². The van der Waals surface area contributed by atoms with E-state index in [2.05, 4.69) is 20.4 Å². The number of carbonyl (C=O) groups excluding carboxylic acids is 1. The number of piperidine rings is 1. The molecule has 1 unspecified atom stereocenters. The highest BCUT2D eigenvalue weighted by molar-refractivity contribution is 5.98. The summed E-state index contributed by atoms with van der Waals surface area (Å²) in [6.07, 6.45) is 1.81. The molecule has 1 aromatic heterocycles. The molecule has 162 valence electrons. The molecule has 1 amide bonds.